The monoisotopic (exact) mass is 188 g/mol. The zero-order chi connectivity index (χ0) is 10.3. The SMILES string of the molecule is CC(CC#N)NC(CO)(CO)CO. The van der Waals surface area contributed by atoms with Crippen LogP contribution in [0.3, 0.4) is 0 Å². The Kier molecular flexibility index (Phi) is 5.58. The normalized spacial score (nSPS) is 13.8. The molecule has 76 valence electrons. The summed E-state index contributed by atoms with van der Waals surface area (Å²) >= 11 is 0. The van der Waals surface area contributed by atoms with Crippen molar-refractivity contribution in [1.82, 2.24) is 5.32 Å². The fraction of sp³-hybridized carbons (Fsp3) is 0.875. The summed E-state index contributed by atoms with van der Waals surface area (Å²) < 4.78 is 0. The lowest BCUT2D eigenvalue weighted by Gasteiger charge is -2.31. The lowest BCUT2D eigenvalue weighted by molar-refractivity contribution is 0.0360. The first-order valence-corrected chi connectivity index (χ1v) is 4.11. The average molecular weight is 188 g/mol. The maximum atomic E-state index is 8.93. The zero-order valence-electron chi connectivity index (χ0n) is 7.69. The highest BCUT2D eigenvalue weighted by Gasteiger charge is 2.28. The molecule has 0 fully saturated rings. The second kappa shape index (κ2) is 5.89. The highest BCUT2D eigenvalue weighted by atomic mass is 16.3. The van der Waals surface area contributed by atoms with Gasteiger partial charge in [0.15, 0.2) is 0 Å². The van der Waals surface area contributed by atoms with E-state index >= 15 is 0 Å². The molecule has 0 heterocycles. The Morgan fingerprint density at radius 3 is 2.08 bits per heavy atom. The summed E-state index contributed by atoms with van der Waals surface area (Å²) in [6.07, 6.45) is 0.266. The molecule has 0 saturated carbocycles. The first-order valence-electron chi connectivity index (χ1n) is 4.11. The summed E-state index contributed by atoms with van der Waals surface area (Å²) in [4.78, 5) is 0. The smallest absolute Gasteiger partial charge is 0.0883 e. The van der Waals surface area contributed by atoms with Crippen LogP contribution in [0.1, 0.15) is 13.3 Å². The third kappa shape index (κ3) is 3.70. The van der Waals surface area contributed by atoms with E-state index in [1.54, 1.807) is 6.92 Å². The molecule has 1 unspecified atom stereocenters. The van der Waals surface area contributed by atoms with Crippen LogP contribution in [0.15, 0.2) is 0 Å². The number of hydrogen-bond acceptors (Lipinski definition) is 5. The Balaban J connectivity index is 4.17. The Morgan fingerprint density at radius 1 is 1.31 bits per heavy atom. The first-order chi connectivity index (χ1) is 6.14. The van der Waals surface area contributed by atoms with Gasteiger partial charge in [-0.25, -0.2) is 0 Å². The average Bonchev–Trinajstić information content (AvgIpc) is 2.15. The van der Waals surface area contributed by atoms with E-state index in [2.05, 4.69) is 5.32 Å². The summed E-state index contributed by atoms with van der Waals surface area (Å²) in [6, 6.07) is 1.78. The Hall–Kier alpha value is -0.670. The molecule has 5 heteroatoms. The molecule has 1 atom stereocenters. The van der Waals surface area contributed by atoms with Crippen LogP contribution >= 0.6 is 0 Å². The van der Waals surface area contributed by atoms with Crippen LogP contribution in [0.5, 0.6) is 0 Å². The number of aliphatic hydroxyl groups is 3. The van der Waals surface area contributed by atoms with Crippen molar-refractivity contribution in [3.63, 3.8) is 0 Å². The van der Waals surface area contributed by atoms with Crippen LogP contribution in [-0.2, 0) is 0 Å². The van der Waals surface area contributed by atoms with Crippen molar-refractivity contribution < 1.29 is 15.3 Å². The molecule has 0 saturated heterocycles. The molecule has 0 aromatic rings. The van der Waals surface area contributed by atoms with E-state index in [1.165, 1.54) is 0 Å². The van der Waals surface area contributed by atoms with Crippen molar-refractivity contribution in [2.45, 2.75) is 24.9 Å². The fourth-order valence-corrected chi connectivity index (χ4v) is 0.998. The Labute approximate surface area is 77.6 Å². The van der Waals surface area contributed by atoms with Gasteiger partial charge in [0.2, 0.25) is 0 Å². The largest absolute Gasteiger partial charge is 0.394 e. The number of nitriles is 1. The van der Waals surface area contributed by atoms with Crippen molar-refractivity contribution in [2.24, 2.45) is 0 Å². The van der Waals surface area contributed by atoms with E-state index in [9.17, 15) is 0 Å². The van der Waals surface area contributed by atoms with Crippen LogP contribution in [0, 0.1) is 11.3 Å². The second-order valence-electron chi connectivity index (χ2n) is 3.16. The molecule has 0 aliphatic rings. The van der Waals surface area contributed by atoms with Crippen molar-refractivity contribution in [2.75, 3.05) is 19.8 Å². The topological polar surface area (TPSA) is 96.5 Å². The van der Waals surface area contributed by atoms with Crippen molar-refractivity contribution in [3.05, 3.63) is 0 Å². The lowest BCUT2D eigenvalue weighted by atomic mass is 10.0. The van der Waals surface area contributed by atoms with E-state index in [0.29, 0.717) is 0 Å². The Bertz CT molecular complexity index is 166. The van der Waals surface area contributed by atoms with Gasteiger partial charge in [-0.3, -0.25) is 0 Å². The van der Waals surface area contributed by atoms with Gasteiger partial charge in [-0.05, 0) is 6.92 Å². The molecule has 0 aromatic heterocycles. The standard InChI is InChI=1S/C8H16N2O3/c1-7(2-3-9)10-8(4-11,5-12)6-13/h7,10-13H,2,4-6H2,1H3. The van der Waals surface area contributed by atoms with Crippen molar-refractivity contribution in [1.29, 1.82) is 5.26 Å². The van der Waals surface area contributed by atoms with E-state index < -0.39 is 5.54 Å². The summed E-state index contributed by atoms with van der Waals surface area (Å²) in [5.41, 5.74) is -1.09. The highest BCUT2D eigenvalue weighted by Crippen LogP contribution is 2.04. The molecule has 0 aromatic carbocycles. The van der Waals surface area contributed by atoms with Gasteiger partial charge in [0.25, 0.3) is 0 Å². The van der Waals surface area contributed by atoms with Gasteiger partial charge in [-0.15, -0.1) is 0 Å². The zero-order valence-corrected chi connectivity index (χ0v) is 7.69. The van der Waals surface area contributed by atoms with Gasteiger partial charge in [0.1, 0.15) is 0 Å². The Morgan fingerprint density at radius 2 is 1.77 bits per heavy atom. The molecular weight excluding hydrogens is 172 g/mol. The summed E-state index contributed by atoms with van der Waals surface area (Å²) in [5.74, 6) is 0. The number of aliphatic hydroxyl groups excluding tert-OH is 3. The number of rotatable bonds is 6. The summed E-state index contributed by atoms with van der Waals surface area (Å²) in [6.45, 7) is 0.653. The van der Waals surface area contributed by atoms with E-state index in [-0.39, 0.29) is 32.3 Å². The molecule has 0 aliphatic heterocycles. The number of nitrogens with zero attached hydrogens (tertiary/aromatic N) is 1. The maximum Gasteiger partial charge on any atom is 0.0883 e. The lowest BCUT2D eigenvalue weighted by Crippen LogP contribution is -2.57. The molecule has 13 heavy (non-hydrogen) atoms. The molecule has 0 bridgehead atoms. The van der Waals surface area contributed by atoms with Gasteiger partial charge in [0.05, 0.1) is 37.8 Å². The minimum atomic E-state index is -1.09. The summed E-state index contributed by atoms with van der Waals surface area (Å²) in [5, 5.41) is 38.0. The maximum absolute atomic E-state index is 8.93. The van der Waals surface area contributed by atoms with E-state index in [4.69, 9.17) is 20.6 Å². The van der Waals surface area contributed by atoms with Gasteiger partial charge in [-0.1, -0.05) is 0 Å². The number of nitrogens with one attached hydrogen (secondary N) is 1. The van der Waals surface area contributed by atoms with Crippen LogP contribution in [0.4, 0.5) is 0 Å². The fourth-order valence-electron chi connectivity index (χ4n) is 0.998. The van der Waals surface area contributed by atoms with Gasteiger partial charge in [0, 0.05) is 6.04 Å². The van der Waals surface area contributed by atoms with Gasteiger partial charge < -0.3 is 20.6 Å². The molecule has 0 radical (unpaired) electrons. The van der Waals surface area contributed by atoms with Crippen LogP contribution < -0.4 is 5.32 Å². The van der Waals surface area contributed by atoms with Gasteiger partial charge in [-0.2, -0.15) is 5.26 Å². The molecule has 0 aliphatic carbocycles. The predicted molar refractivity (Wildman–Crippen MR) is 46.8 cm³/mol. The predicted octanol–water partition coefficient (Wildman–Crippen LogP) is -1.41. The van der Waals surface area contributed by atoms with Crippen LogP contribution in [-0.4, -0.2) is 46.7 Å². The first kappa shape index (κ1) is 12.3. The highest BCUT2D eigenvalue weighted by molar-refractivity contribution is 4.90. The minimum absolute atomic E-state index is 0.170. The summed E-state index contributed by atoms with van der Waals surface area (Å²) in [7, 11) is 0. The van der Waals surface area contributed by atoms with Crippen molar-refractivity contribution >= 4 is 0 Å². The third-order valence-electron chi connectivity index (χ3n) is 1.86. The van der Waals surface area contributed by atoms with E-state index in [0.717, 1.165) is 0 Å². The molecule has 0 spiro atoms. The second-order valence-corrected chi connectivity index (χ2v) is 3.16. The van der Waals surface area contributed by atoms with Crippen molar-refractivity contribution in [3.8, 4) is 6.07 Å². The molecule has 0 amide bonds. The molecule has 4 N–H and O–H groups in total. The van der Waals surface area contributed by atoms with Gasteiger partial charge >= 0.3 is 0 Å². The quantitative estimate of drug-likeness (QED) is 0.411. The molecule has 5 nitrogen and oxygen atoms in total. The van der Waals surface area contributed by atoms with Crippen LogP contribution in [0.25, 0.3) is 0 Å². The molecule has 0 rings (SSSR count). The number of hydrogen-bond donors (Lipinski definition) is 4. The minimum Gasteiger partial charge on any atom is -0.394 e. The van der Waals surface area contributed by atoms with E-state index in [1.807, 2.05) is 6.07 Å². The van der Waals surface area contributed by atoms with Crippen LogP contribution in [0.2, 0.25) is 0 Å². The third-order valence-corrected chi connectivity index (χ3v) is 1.86. The molecular formula is C8H16N2O3.